The minimum Gasteiger partial charge on any atom is -0.352 e. The first-order valence-electron chi connectivity index (χ1n) is 10.6. The lowest BCUT2D eigenvalue weighted by atomic mass is 10.0. The Labute approximate surface area is 197 Å². The summed E-state index contributed by atoms with van der Waals surface area (Å²) in [6.07, 6.45) is 7.32. The molecule has 2 N–H and O–H groups in total. The van der Waals surface area contributed by atoms with Gasteiger partial charge in [0, 0.05) is 30.0 Å². The van der Waals surface area contributed by atoms with Crippen LogP contribution < -0.4 is 10.6 Å². The van der Waals surface area contributed by atoms with Gasteiger partial charge in [0.1, 0.15) is 6.54 Å². The van der Waals surface area contributed by atoms with Gasteiger partial charge in [-0.25, -0.2) is 0 Å². The van der Waals surface area contributed by atoms with Crippen molar-refractivity contribution in [2.75, 3.05) is 11.9 Å². The Morgan fingerprint density at radius 2 is 1.85 bits per heavy atom. The van der Waals surface area contributed by atoms with Crippen LogP contribution in [0.4, 0.5) is 5.69 Å². The van der Waals surface area contributed by atoms with Crippen molar-refractivity contribution in [3.8, 4) is 5.69 Å². The van der Waals surface area contributed by atoms with Crippen molar-refractivity contribution in [2.45, 2.75) is 12.1 Å². The summed E-state index contributed by atoms with van der Waals surface area (Å²) in [4.78, 5) is 23.7. The smallest absolute Gasteiger partial charge is 0.244 e. The van der Waals surface area contributed by atoms with Gasteiger partial charge in [-0.15, -0.1) is 0 Å². The molecule has 0 aliphatic carbocycles. The number of para-hydroxylation sites is 1. The van der Waals surface area contributed by atoms with Crippen molar-refractivity contribution >= 4 is 28.9 Å². The van der Waals surface area contributed by atoms with Crippen molar-refractivity contribution in [1.82, 2.24) is 24.8 Å². The van der Waals surface area contributed by atoms with Crippen molar-refractivity contribution in [2.24, 2.45) is 0 Å². The summed E-state index contributed by atoms with van der Waals surface area (Å²) >= 11 is 5.70. The number of rotatable bonds is 6. The lowest BCUT2D eigenvalue weighted by Gasteiger charge is -2.28. The summed E-state index contributed by atoms with van der Waals surface area (Å²) in [5.41, 5.74) is 3.52. The fourth-order valence-corrected chi connectivity index (χ4v) is 4.45. The predicted molar refractivity (Wildman–Crippen MR) is 131 cm³/mol. The maximum Gasteiger partial charge on any atom is 0.244 e. The molecular formula is C25H22N6OS. The number of nitrogens with zero attached hydrogens (tertiary/aromatic N) is 4. The van der Waals surface area contributed by atoms with Crippen LogP contribution >= 0.6 is 12.2 Å². The van der Waals surface area contributed by atoms with E-state index in [2.05, 4.69) is 25.2 Å². The molecule has 0 spiro atoms. The molecule has 4 aromatic rings. The third kappa shape index (κ3) is 4.33. The zero-order valence-corrected chi connectivity index (χ0v) is 18.5. The number of aromatic nitrogens is 3. The van der Waals surface area contributed by atoms with Gasteiger partial charge in [0.25, 0.3) is 0 Å². The van der Waals surface area contributed by atoms with Crippen molar-refractivity contribution in [3.63, 3.8) is 0 Å². The molecule has 164 valence electrons. The predicted octanol–water partition coefficient (Wildman–Crippen LogP) is 3.88. The van der Waals surface area contributed by atoms with E-state index in [1.54, 1.807) is 12.4 Å². The van der Waals surface area contributed by atoms with Crippen LogP contribution in [0, 0.1) is 0 Å². The molecule has 8 heteroatoms. The van der Waals surface area contributed by atoms with E-state index in [0.717, 1.165) is 22.8 Å². The van der Waals surface area contributed by atoms with Gasteiger partial charge in [0.15, 0.2) is 5.11 Å². The molecule has 1 fully saturated rings. The molecule has 0 bridgehead atoms. The van der Waals surface area contributed by atoms with E-state index in [1.165, 1.54) is 0 Å². The lowest BCUT2D eigenvalue weighted by Crippen LogP contribution is -2.37. The molecule has 0 saturated carbocycles. The summed E-state index contributed by atoms with van der Waals surface area (Å²) < 4.78 is 2.07. The number of anilines is 1. The first kappa shape index (κ1) is 20.8. The fourth-order valence-electron chi connectivity index (χ4n) is 4.14. The van der Waals surface area contributed by atoms with Crippen LogP contribution in [0.25, 0.3) is 5.69 Å². The molecular weight excluding hydrogens is 432 g/mol. The normalized spacial score (nSPS) is 17.6. The summed E-state index contributed by atoms with van der Waals surface area (Å²) in [6, 6.07) is 22.7. The number of pyridine rings is 2. The minimum atomic E-state index is -0.246. The number of thiocarbonyl (C=S) groups is 1. The van der Waals surface area contributed by atoms with Gasteiger partial charge in [0.05, 0.1) is 29.7 Å². The topological polar surface area (TPSA) is 75.1 Å². The van der Waals surface area contributed by atoms with Crippen molar-refractivity contribution < 1.29 is 4.79 Å². The molecule has 5 rings (SSSR count). The van der Waals surface area contributed by atoms with Crippen LogP contribution in [-0.4, -0.2) is 37.0 Å². The largest absolute Gasteiger partial charge is 0.352 e. The highest BCUT2D eigenvalue weighted by atomic mass is 32.1. The van der Waals surface area contributed by atoms with E-state index in [1.807, 2.05) is 90.1 Å². The third-order valence-corrected chi connectivity index (χ3v) is 5.93. The summed E-state index contributed by atoms with van der Waals surface area (Å²) in [5, 5.41) is 6.86. The average molecular weight is 455 g/mol. The number of carbonyl (C=O) groups excluding carboxylic acids is 1. The number of amides is 1. The van der Waals surface area contributed by atoms with Crippen LogP contribution in [0.5, 0.6) is 0 Å². The molecule has 1 aliphatic heterocycles. The van der Waals surface area contributed by atoms with Crippen LogP contribution in [0.1, 0.15) is 23.5 Å². The summed E-state index contributed by atoms with van der Waals surface area (Å²) in [5.74, 6) is -0.142. The second-order valence-electron chi connectivity index (χ2n) is 7.68. The Bertz CT molecular complexity index is 1250. The number of hydrogen-bond acceptors (Lipinski definition) is 4. The Morgan fingerprint density at radius 3 is 2.61 bits per heavy atom. The number of hydrogen-bond donors (Lipinski definition) is 2. The standard InChI is InChI=1S/C25H22N6OS/c32-22(28-18-8-2-1-3-9-18)17-31-24(23(29-25(31)33)20-11-4-5-14-27-20)21-12-7-15-30(21)19-10-6-13-26-16-19/h1-16,23-24H,17H2,(H,28,32)(H,29,33)/t23-,24+/m0/s1. The Hall–Kier alpha value is -4.04. The van der Waals surface area contributed by atoms with E-state index >= 15 is 0 Å². The number of carbonyl (C=O) groups is 1. The second kappa shape index (κ2) is 9.22. The highest BCUT2D eigenvalue weighted by Crippen LogP contribution is 2.39. The maximum atomic E-state index is 13.0. The Kier molecular flexibility index (Phi) is 5.82. The molecule has 1 aliphatic rings. The van der Waals surface area contributed by atoms with Gasteiger partial charge in [-0.1, -0.05) is 24.3 Å². The van der Waals surface area contributed by atoms with Crippen molar-refractivity contribution in [3.05, 3.63) is 109 Å². The van der Waals surface area contributed by atoms with Crippen LogP contribution in [0.2, 0.25) is 0 Å². The molecule has 1 aromatic carbocycles. The zero-order valence-electron chi connectivity index (χ0n) is 17.7. The van der Waals surface area contributed by atoms with E-state index in [4.69, 9.17) is 12.2 Å². The molecule has 0 unspecified atom stereocenters. The quantitative estimate of drug-likeness (QED) is 0.431. The van der Waals surface area contributed by atoms with E-state index < -0.39 is 0 Å². The molecule has 2 atom stereocenters. The Morgan fingerprint density at radius 1 is 1.00 bits per heavy atom. The molecule has 33 heavy (non-hydrogen) atoms. The molecule has 4 heterocycles. The lowest BCUT2D eigenvalue weighted by molar-refractivity contribution is -0.116. The summed E-state index contributed by atoms with van der Waals surface area (Å²) in [7, 11) is 0. The fraction of sp³-hybridized carbons (Fsp3) is 0.120. The third-order valence-electron chi connectivity index (χ3n) is 5.58. The van der Waals surface area contributed by atoms with Gasteiger partial charge >= 0.3 is 0 Å². The van der Waals surface area contributed by atoms with E-state index in [0.29, 0.717) is 5.11 Å². The van der Waals surface area contributed by atoms with Gasteiger partial charge in [-0.05, 0) is 60.7 Å². The average Bonchev–Trinajstić information content (AvgIpc) is 3.45. The zero-order chi connectivity index (χ0) is 22.6. The summed E-state index contributed by atoms with van der Waals surface area (Å²) in [6.45, 7) is 0.104. The first-order chi connectivity index (χ1) is 16.2. The SMILES string of the molecule is O=C(CN1C(=S)N[C@@H](c2ccccn2)[C@H]1c1cccn1-c1cccnc1)Nc1ccccc1. The van der Waals surface area contributed by atoms with Crippen LogP contribution in [0.15, 0.2) is 97.6 Å². The minimum absolute atomic E-state index is 0.104. The maximum absolute atomic E-state index is 13.0. The van der Waals surface area contributed by atoms with Gasteiger partial charge in [-0.3, -0.25) is 14.8 Å². The van der Waals surface area contributed by atoms with Crippen molar-refractivity contribution in [1.29, 1.82) is 0 Å². The van der Waals surface area contributed by atoms with Gasteiger partial charge < -0.3 is 20.1 Å². The molecule has 3 aromatic heterocycles. The monoisotopic (exact) mass is 454 g/mol. The van der Waals surface area contributed by atoms with Gasteiger partial charge in [-0.2, -0.15) is 0 Å². The molecule has 7 nitrogen and oxygen atoms in total. The molecule has 0 radical (unpaired) electrons. The molecule has 1 amide bonds. The number of nitrogens with one attached hydrogen (secondary N) is 2. The highest BCUT2D eigenvalue weighted by molar-refractivity contribution is 7.80. The highest BCUT2D eigenvalue weighted by Gasteiger charge is 2.42. The second-order valence-corrected chi connectivity index (χ2v) is 8.07. The Balaban J connectivity index is 1.51. The number of benzene rings is 1. The van der Waals surface area contributed by atoms with Gasteiger partial charge in [0.2, 0.25) is 5.91 Å². The van der Waals surface area contributed by atoms with Crippen LogP contribution in [-0.2, 0) is 4.79 Å². The van der Waals surface area contributed by atoms with Crippen LogP contribution in [0.3, 0.4) is 0 Å². The first-order valence-corrected chi connectivity index (χ1v) is 11.0. The molecule has 1 saturated heterocycles. The van der Waals surface area contributed by atoms with E-state index in [9.17, 15) is 4.79 Å². The van der Waals surface area contributed by atoms with E-state index in [-0.39, 0.29) is 24.5 Å².